The van der Waals surface area contributed by atoms with Crippen molar-refractivity contribution in [3.63, 3.8) is 0 Å². The van der Waals surface area contributed by atoms with Crippen molar-refractivity contribution in [3.05, 3.63) is 94.5 Å². The third-order valence-electron chi connectivity index (χ3n) is 5.26. The molecule has 0 radical (unpaired) electrons. The van der Waals surface area contributed by atoms with Gasteiger partial charge in [0.25, 0.3) is 0 Å². The van der Waals surface area contributed by atoms with E-state index in [9.17, 15) is 13.2 Å². The molecule has 0 aliphatic rings. The van der Waals surface area contributed by atoms with Crippen molar-refractivity contribution >= 4 is 31.9 Å². The average molecular weight is 531 g/mol. The lowest BCUT2D eigenvalue weighted by atomic mass is 10.1. The zero-order valence-corrected chi connectivity index (χ0v) is 21.0. The van der Waals surface area contributed by atoms with Crippen LogP contribution in [0.3, 0.4) is 0 Å². The first-order chi connectivity index (χ1) is 15.8. The lowest BCUT2D eigenvalue weighted by Gasteiger charge is -2.23. The maximum atomic E-state index is 13.4. The summed E-state index contributed by atoms with van der Waals surface area (Å²) < 4.78 is 34.1. The van der Waals surface area contributed by atoms with Gasteiger partial charge in [0.2, 0.25) is 15.9 Å². The third-order valence-corrected chi connectivity index (χ3v) is 7.65. The first-order valence-electron chi connectivity index (χ1n) is 10.5. The molecule has 3 aromatic carbocycles. The molecule has 1 atom stereocenters. The highest BCUT2D eigenvalue weighted by molar-refractivity contribution is 9.10. The minimum Gasteiger partial charge on any atom is -0.497 e. The number of hydrogen-bond donors (Lipinski definition) is 1. The van der Waals surface area contributed by atoms with Crippen molar-refractivity contribution in [2.45, 2.75) is 24.3 Å². The Morgan fingerprint density at radius 2 is 1.64 bits per heavy atom. The number of hydrogen-bond acceptors (Lipinski definition) is 4. The van der Waals surface area contributed by atoms with Crippen LogP contribution in [0.25, 0.3) is 0 Å². The maximum Gasteiger partial charge on any atom is 0.243 e. The molecule has 0 saturated heterocycles. The van der Waals surface area contributed by atoms with Gasteiger partial charge in [-0.05, 0) is 60.9 Å². The van der Waals surface area contributed by atoms with Crippen molar-refractivity contribution in [1.82, 2.24) is 9.62 Å². The first kappa shape index (κ1) is 25.0. The maximum absolute atomic E-state index is 13.4. The molecule has 0 unspecified atom stereocenters. The molecule has 0 saturated carbocycles. The lowest BCUT2D eigenvalue weighted by Crippen LogP contribution is -2.42. The van der Waals surface area contributed by atoms with Crippen LogP contribution in [0, 0.1) is 0 Å². The van der Waals surface area contributed by atoms with Gasteiger partial charge in [-0.25, -0.2) is 8.42 Å². The van der Waals surface area contributed by atoms with E-state index in [4.69, 9.17) is 4.74 Å². The highest BCUT2D eigenvalue weighted by Gasteiger charge is 2.27. The largest absolute Gasteiger partial charge is 0.497 e. The van der Waals surface area contributed by atoms with E-state index in [1.165, 1.54) is 23.5 Å². The van der Waals surface area contributed by atoms with E-state index in [1.807, 2.05) is 61.5 Å². The second-order valence-electron chi connectivity index (χ2n) is 7.59. The molecule has 8 heteroatoms. The molecule has 174 valence electrons. The van der Waals surface area contributed by atoms with Gasteiger partial charge in [-0.15, -0.1) is 0 Å². The summed E-state index contributed by atoms with van der Waals surface area (Å²) in [5, 5.41) is 2.91. The van der Waals surface area contributed by atoms with Gasteiger partial charge in [0.1, 0.15) is 5.75 Å². The number of sulfonamides is 1. The van der Waals surface area contributed by atoms with E-state index in [-0.39, 0.29) is 29.9 Å². The summed E-state index contributed by atoms with van der Waals surface area (Å²) in [6.07, 6.45) is 0.492. The van der Waals surface area contributed by atoms with Crippen molar-refractivity contribution < 1.29 is 17.9 Å². The van der Waals surface area contributed by atoms with E-state index in [2.05, 4.69) is 21.2 Å². The topological polar surface area (TPSA) is 75.7 Å². The van der Waals surface area contributed by atoms with Crippen LogP contribution in [0.4, 0.5) is 0 Å². The van der Waals surface area contributed by atoms with E-state index in [0.717, 1.165) is 15.6 Å². The monoisotopic (exact) mass is 530 g/mol. The Bertz CT molecular complexity index is 1150. The molecule has 0 aliphatic heterocycles. The lowest BCUT2D eigenvalue weighted by molar-refractivity contribution is -0.121. The fourth-order valence-corrected chi connectivity index (χ4v) is 5.02. The van der Waals surface area contributed by atoms with Gasteiger partial charge in [-0.1, -0.05) is 58.4 Å². The number of nitrogens with zero attached hydrogens (tertiary/aromatic N) is 1. The number of halogens is 1. The minimum absolute atomic E-state index is 0.116. The number of methoxy groups -OCH3 is 1. The molecule has 0 fully saturated rings. The van der Waals surface area contributed by atoms with Gasteiger partial charge in [-0.2, -0.15) is 4.31 Å². The van der Waals surface area contributed by atoms with Crippen LogP contribution >= 0.6 is 15.9 Å². The summed E-state index contributed by atoms with van der Waals surface area (Å²) in [6.45, 7) is 1.77. The van der Waals surface area contributed by atoms with E-state index in [1.54, 1.807) is 12.1 Å². The van der Waals surface area contributed by atoms with Crippen LogP contribution in [0.2, 0.25) is 0 Å². The number of benzene rings is 3. The Morgan fingerprint density at radius 1 is 1.00 bits per heavy atom. The normalized spacial score (nSPS) is 12.4. The van der Waals surface area contributed by atoms with Crippen molar-refractivity contribution in [1.29, 1.82) is 0 Å². The number of nitrogens with one attached hydrogen (secondary N) is 1. The summed E-state index contributed by atoms with van der Waals surface area (Å²) in [7, 11) is -2.37. The van der Waals surface area contributed by atoms with Crippen molar-refractivity contribution in [2.24, 2.45) is 0 Å². The number of ether oxygens (including phenoxy) is 1. The Balaban J connectivity index is 1.77. The van der Waals surface area contributed by atoms with Crippen molar-refractivity contribution in [3.8, 4) is 5.75 Å². The average Bonchev–Trinajstić information content (AvgIpc) is 2.82. The number of carbonyl (C=O) groups excluding carboxylic acids is 1. The fourth-order valence-electron chi connectivity index (χ4n) is 3.36. The molecule has 0 bridgehead atoms. The molecule has 0 spiro atoms. The quantitative estimate of drug-likeness (QED) is 0.416. The van der Waals surface area contributed by atoms with Crippen LogP contribution in [0.15, 0.2) is 88.2 Å². The molecular formula is C25H27BrN2O4S. The highest BCUT2D eigenvalue weighted by Crippen LogP contribution is 2.21. The van der Waals surface area contributed by atoms with E-state index in [0.29, 0.717) is 12.2 Å². The summed E-state index contributed by atoms with van der Waals surface area (Å²) >= 11 is 3.40. The Hall–Kier alpha value is -2.68. The Labute approximate surface area is 203 Å². The number of rotatable bonds is 10. The molecular weight excluding hydrogens is 504 g/mol. The minimum atomic E-state index is -3.89. The summed E-state index contributed by atoms with van der Waals surface area (Å²) in [6, 6.07) is 23.1. The van der Waals surface area contributed by atoms with Crippen molar-refractivity contribution in [2.75, 3.05) is 20.2 Å². The summed E-state index contributed by atoms with van der Waals surface area (Å²) in [5.41, 5.74) is 1.93. The predicted molar refractivity (Wildman–Crippen MR) is 133 cm³/mol. The van der Waals surface area contributed by atoms with Crippen LogP contribution in [-0.4, -0.2) is 38.8 Å². The molecule has 33 heavy (non-hydrogen) atoms. The molecule has 3 rings (SSSR count). The van der Waals surface area contributed by atoms with Gasteiger partial charge < -0.3 is 10.1 Å². The van der Waals surface area contributed by atoms with Gasteiger partial charge in [0, 0.05) is 11.0 Å². The Morgan fingerprint density at radius 3 is 2.24 bits per heavy atom. The number of amides is 1. The van der Waals surface area contributed by atoms with E-state index >= 15 is 0 Å². The SMILES string of the molecule is COc1ccc(S(=O)(=O)N(CCc2ccccc2)CC(=O)N[C@@H](C)c2ccc(Br)cc2)cc1. The summed E-state index contributed by atoms with van der Waals surface area (Å²) in [5.74, 6) is 0.196. The second-order valence-corrected chi connectivity index (χ2v) is 10.4. The molecule has 0 aliphatic carbocycles. The van der Waals surface area contributed by atoms with Crippen LogP contribution in [-0.2, 0) is 21.2 Å². The zero-order chi connectivity index (χ0) is 23.8. The third kappa shape index (κ3) is 6.90. The van der Waals surface area contributed by atoms with Gasteiger partial charge >= 0.3 is 0 Å². The molecule has 0 aromatic heterocycles. The summed E-state index contributed by atoms with van der Waals surface area (Å²) in [4.78, 5) is 13.0. The van der Waals surface area contributed by atoms with E-state index < -0.39 is 10.0 Å². The predicted octanol–water partition coefficient (Wildman–Crippen LogP) is 4.57. The fraction of sp³-hybridized carbons (Fsp3) is 0.240. The number of carbonyl (C=O) groups is 1. The molecule has 6 nitrogen and oxygen atoms in total. The van der Waals surface area contributed by atoms with Crippen LogP contribution in [0.5, 0.6) is 5.75 Å². The van der Waals surface area contributed by atoms with Crippen LogP contribution < -0.4 is 10.1 Å². The molecule has 1 N–H and O–H groups in total. The molecule has 1 amide bonds. The Kier molecular flexibility index (Phi) is 8.66. The highest BCUT2D eigenvalue weighted by atomic mass is 79.9. The smallest absolute Gasteiger partial charge is 0.243 e. The van der Waals surface area contributed by atoms with Gasteiger partial charge in [0.05, 0.1) is 24.6 Å². The van der Waals surface area contributed by atoms with Gasteiger partial charge in [0.15, 0.2) is 0 Å². The first-order valence-corrected chi connectivity index (χ1v) is 12.8. The second kappa shape index (κ2) is 11.4. The zero-order valence-electron chi connectivity index (χ0n) is 18.6. The molecule has 3 aromatic rings. The van der Waals surface area contributed by atoms with Crippen LogP contribution in [0.1, 0.15) is 24.1 Å². The standard InChI is InChI=1S/C25H27BrN2O4S/c1-19(21-8-10-22(26)11-9-21)27-25(29)18-28(17-16-20-6-4-3-5-7-20)33(30,31)24-14-12-23(32-2)13-15-24/h3-15,19H,16-18H2,1-2H3,(H,27,29)/t19-/m0/s1. The molecule has 0 heterocycles. The van der Waals surface area contributed by atoms with Gasteiger partial charge in [-0.3, -0.25) is 4.79 Å².